The number of sulfonamides is 1. The Morgan fingerprint density at radius 1 is 1.10 bits per heavy atom. The number of hydrogen-bond donors (Lipinski definition) is 1. The van der Waals surface area contributed by atoms with E-state index in [4.69, 9.17) is 9.72 Å². The molecule has 30 heavy (non-hydrogen) atoms. The van der Waals surface area contributed by atoms with E-state index in [-0.39, 0.29) is 4.90 Å². The maximum atomic E-state index is 12.5. The molecule has 1 aromatic heterocycles. The van der Waals surface area contributed by atoms with E-state index in [1.54, 1.807) is 24.3 Å². The number of morpholine rings is 1. The average Bonchev–Trinajstić information content (AvgIpc) is 3.19. The van der Waals surface area contributed by atoms with Gasteiger partial charge in [-0.25, -0.2) is 9.82 Å². The molecule has 0 spiro atoms. The zero-order valence-electron chi connectivity index (χ0n) is 16.5. The smallest absolute Gasteiger partial charge is 0.276 e. The van der Waals surface area contributed by atoms with Crippen molar-refractivity contribution in [3.63, 3.8) is 0 Å². The molecule has 1 fully saturated rings. The van der Waals surface area contributed by atoms with Crippen LogP contribution in [0.4, 0.5) is 5.13 Å². The molecule has 1 aliphatic rings. The molecule has 0 atom stereocenters. The van der Waals surface area contributed by atoms with Gasteiger partial charge in [0.25, 0.3) is 10.0 Å². The van der Waals surface area contributed by atoms with Crippen LogP contribution in [0.2, 0.25) is 0 Å². The van der Waals surface area contributed by atoms with Crippen LogP contribution in [0.25, 0.3) is 11.3 Å². The molecule has 4 rings (SSSR count). The van der Waals surface area contributed by atoms with Gasteiger partial charge in [-0.2, -0.15) is 13.5 Å². The Morgan fingerprint density at radius 2 is 1.80 bits per heavy atom. The molecule has 0 amide bonds. The maximum absolute atomic E-state index is 12.5. The number of rotatable bonds is 6. The molecular weight excluding hydrogens is 420 g/mol. The van der Waals surface area contributed by atoms with E-state index >= 15 is 0 Å². The summed E-state index contributed by atoms with van der Waals surface area (Å²) in [5, 5.41) is 4.90. The van der Waals surface area contributed by atoms with Crippen molar-refractivity contribution in [3.05, 3.63) is 65.0 Å². The summed E-state index contributed by atoms with van der Waals surface area (Å²) in [5.74, 6) is 0. The summed E-state index contributed by atoms with van der Waals surface area (Å²) in [7, 11) is -3.73. The van der Waals surface area contributed by atoms with Crippen molar-refractivity contribution in [2.75, 3.05) is 31.2 Å². The van der Waals surface area contributed by atoms with E-state index in [0.29, 0.717) is 13.2 Å². The standard InChI is InChI=1S/C21H22N4O3S2/c1-16-7-9-18(10-8-16)30(26,27)24-22-15-19-20(17-5-3-2-4-6-17)23-21(29-19)25-11-13-28-14-12-25/h2-10,15,24H,11-14H2,1H3/b22-15+. The molecule has 1 saturated heterocycles. The first kappa shape index (κ1) is 20.5. The highest BCUT2D eigenvalue weighted by Crippen LogP contribution is 2.32. The number of aromatic nitrogens is 1. The summed E-state index contributed by atoms with van der Waals surface area (Å²) in [4.78, 5) is 10.2. The summed E-state index contributed by atoms with van der Waals surface area (Å²) >= 11 is 1.48. The number of ether oxygens (including phenoxy) is 1. The van der Waals surface area contributed by atoms with Gasteiger partial charge in [0.1, 0.15) is 0 Å². The van der Waals surface area contributed by atoms with Gasteiger partial charge in [0.15, 0.2) is 5.13 Å². The normalized spacial score (nSPS) is 14.9. The molecule has 0 saturated carbocycles. The molecule has 156 valence electrons. The van der Waals surface area contributed by atoms with Gasteiger partial charge in [0.2, 0.25) is 0 Å². The molecule has 0 bridgehead atoms. The van der Waals surface area contributed by atoms with Crippen molar-refractivity contribution < 1.29 is 13.2 Å². The van der Waals surface area contributed by atoms with Gasteiger partial charge >= 0.3 is 0 Å². The topological polar surface area (TPSA) is 83.9 Å². The third kappa shape index (κ3) is 4.69. The van der Waals surface area contributed by atoms with Gasteiger partial charge in [0.05, 0.1) is 34.9 Å². The van der Waals surface area contributed by atoms with E-state index in [0.717, 1.165) is 39.9 Å². The maximum Gasteiger partial charge on any atom is 0.276 e. The third-order valence-electron chi connectivity index (χ3n) is 4.66. The van der Waals surface area contributed by atoms with Crippen LogP contribution in [0, 0.1) is 6.92 Å². The number of benzene rings is 2. The van der Waals surface area contributed by atoms with Crippen LogP contribution >= 0.6 is 11.3 Å². The highest BCUT2D eigenvalue weighted by Gasteiger charge is 2.19. The van der Waals surface area contributed by atoms with Gasteiger partial charge in [-0.1, -0.05) is 59.4 Å². The summed E-state index contributed by atoms with van der Waals surface area (Å²) < 4.78 is 30.4. The second-order valence-electron chi connectivity index (χ2n) is 6.84. The van der Waals surface area contributed by atoms with Crippen molar-refractivity contribution in [2.24, 2.45) is 5.10 Å². The highest BCUT2D eigenvalue weighted by atomic mass is 32.2. The molecule has 1 N–H and O–H groups in total. The Morgan fingerprint density at radius 3 is 2.50 bits per heavy atom. The predicted octanol–water partition coefficient (Wildman–Crippen LogP) is 3.27. The Balaban J connectivity index is 1.60. The molecule has 1 aliphatic heterocycles. The van der Waals surface area contributed by atoms with Crippen LogP contribution in [0.5, 0.6) is 0 Å². The van der Waals surface area contributed by atoms with Crippen LogP contribution in [-0.2, 0) is 14.8 Å². The monoisotopic (exact) mass is 442 g/mol. The van der Waals surface area contributed by atoms with E-state index in [2.05, 4.69) is 14.8 Å². The first-order valence-corrected chi connectivity index (χ1v) is 11.8. The zero-order chi connectivity index (χ0) is 21.0. The number of aryl methyl sites for hydroxylation is 1. The second-order valence-corrected chi connectivity index (χ2v) is 9.51. The van der Waals surface area contributed by atoms with Crippen LogP contribution < -0.4 is 9.73 Å². The highest BCUT2D eigenvalue weighted by molar-refractivity contribution is 7.89. The summed E-state index contributed by atoms with van der Waals surface area (Å²) in [6.45, 7) is 4.79. The molecule has 9 heteroatoms. The fourth-order valence-electron chi connectivity index (χ4n) is 3.02. The lowest BCUT2D eigenvalue weighted by Crippen LogP contribution is -2.36. The van der Waals surface area contributed by atoms with Crippen molar-refractivity contribution in [3.8, 4) is 11.3 Å². The summed E-state index contributed by atoms with van der Waals surface area (Å²) in [6, 6.07) is 16.4. The van der Waals surface area contributed by atoms with Crippen LogP contribution in [0.3, 0.4) is 0 Å². The molecule has 0 aliphatic carbocycles. The third-order valence-corrected chi connectivity index (χ3v) is 6.95. The minimum absolute atomic E-state index is 0.173. The van der Waals surface area contributed by atoms with E-state index < -0.39 is 10.0 Å². The number of nitrogens with one attached hydrogen (secondary N) is 1. The lowest BCUT2D eigenvalue weighted by molar-refractivity contribution is 0.122. The van der Waals surface area contributed by atoms with E-state index in [1.807, 2.05) is 37.3 Å². The van der Waals surface area contributed by atoms with Crippen LogP contribution in [-0.4, -0.2) is 45.9 Å². The van der Waals surface area contributed by atoms with Gasteiger partial charge in [-0.15, -0.1) is 0 Å². The minimum atomic E-state index is -3.73. The molecule has 2 heterocycles. The van der Waals surface area contributed by atoms with E-state index in [9.17, 15) is 8.42 Å². The SMILES string of the molecule is Cc1ccc(S(=O)(=O)N/N=C/c2sc(N3CCOCC3)nc2-c2ccccc2)cc1. The van der Waals surface area contributed by atoms with Gasteiger partial charge in [-0.3, -0.25) is 0 Å². The lowest BCUT2D eigenvalue weighted by atomic mass is 10.1. The van der Waals surface area contributed by atoms with Crippen LogP contribution in [0.15, 0.2) is 64.6 Å². The molecule has 0 radical (unpaired) electrons. The van der Waals surface area contributed by atoms with Gasteiger partial charge in [-0.05, 0) is 19.1 Å². The first-order valence-electron chi connectivity index (χ1n) is 9.53. The Labute approximate surface area is 180 Å². The molecule has 3 aromatic rings. The molecule has 0 unspecified atom stereocenters. The lowest BCUT2D eigenvalue weighted by Gasteiger charge is -2.26. The largest absolute Gasteiger partial charge is 0.378 e. The second kappa shape index (κ2) is 8.95. The Kier molecular flexibility index (Phi) is 6.12. The minimum Gasteiger partial charge on any atom is -0.378 e. The van der Waals surface area contributed by atoms with Gasteiger partial charge < -0.3 is 9.64 Å². The van der Waals surface area contributed by atoms with Crippen molar-refractivity contribution in [2.45, 2.75) is 11.8 Å². The van der Waals surface area contributed by atoms with E-state index in [1.165, 1.54) is 17.6 Å². The van der Waals surface area contributed by atoms with Crippen molar-refractivity contribution in [1.29, 1.82) is 0 Å². The number of nitrogens with zero attached hydrogens (tertiary/aromatic N) is 3. The van der Waals surface area contributed by atoms with Gasteiger partial charge in [0, 0.05) is 18.7 Å². The summed E-state index contributed by atoms with van der Waals surface area (Å²) in [5.41, 5.74) is 2.72. The fourth-order valence-corrected chi connectivity index (χ4v) is 4.83. The Hall–Kier alpha value is -2.75. The predicted molar refractivity (Wildman–Crippen MR) is 120 cm³/mol. The summed E-state index contributed by atoms with van der Waals surface area (Å²) in [6.07, 6.45) is 1.52. The number of anilines is 1. The quantitative estimate of drug-likeness (QED) is 0.468. The van der Waals surface area contributed by atoms with Crippen molar-refractivity contribution in [1.82, 2.24) is 9.82 Å². The number of hydrazone groups is 1. The molecular formula is C21H22N4O3S2. The first-order chi connectivity index (χ1) is 14.5. The zero-order valence-corrected chi connectivity index (χ0v) is 18.1. The fraction of sp³-hybridized carbons (Fsp3) is 0.238. The molecule has 2 aromatic carbocycles. The molecule has 7 nitrogen and oxygen atoms in total. The Bertz CT molecular complexity index is 1120. The number of hydrogen-bond acceptors (Lipinski definition) is 7. The van der Waals surface area contributed by atoms with Crippen LogP contribution in [0.1, 0.15) is 10.4 Å². The van der Waals surface area contributed by atoms with Crippen molar-refractivity contribution >= 4 is 32.7 Å². The number of thiazole rings is 1. The average molecular weight is 443 g/mol.